The predicted molar refractivity (Wildman–Crippen MR) is 118 cm³/mol. The van der Waals surface area contributed by atoms with E-state index in [9.17, 15) is 0 Å². The monoisotopic (exact) mass is 378 g/mol. The third-order valence-electron chi connectivity index (χ3n) is 4.85. The predicted octanol–water partition coefficient (Wildman–Crippen LogP) is 5.90. The number of hydrogen-bond donors (Lipinski definition) is 2. The first-order valence-corrected chi connectivity index (χ1v) is 9.30. The molecule has 0 spiro atoms. The lowest BCUT2D eigenvalue weighted by molar-refractivity contribution is 0.470. The van der Waals surface area contributed by atoms with Gasteiger partial charge in [-0.05, 0) is 22.9 Å². The number of anilines is 3. The van der Waals surface area contributed by atoms with Crippen molar-refractivity contribution in [1.82, 2.24) is 9.97 Å². The van der Waals surface area contributed by atoms with Crippen LogP contribution in [-0.2, 0) is 0 Å². The van der Waals surface area contributed by atoms with Gasteiger partial charge >= 0.3 is 0 Å². The Balaban J connectivity index is 1.52. The minimum absolute atomic E-state index is 0.319. The van der Waals surface area contributed by atoms with Crippen LogP contribution in [0.25, 0.3) is 21.5 Å². The van der Waals surface area contributed by atoms with Crippen molar-refractivity contribution in [2.24, 2.45) is 0 Å². The van der Waals surface area contributed by atoms with Gasteiger partial charge in [-0.25, -0.2) is 4.98 Å². The zero-order chi connectivity index (χ0) is 19.6. The molecule has 0 aliphatic carbocycles. The lowest BCUT2D eigenvalue weighted by Crippen LogP contribution is -2.03. The molecule has 5 nitrogen and oxygen atoms in total. The topological polar surface area (TPSA) is 73.1 Å². The maximum absolute atomic E-state index is 6.35. The molecule has 0 aliphatic heterocycles. The Morgan fingerprint density at radius 2 is 1.34 bits per heavy atom. The first-order valence-electron chi connectivity index (χ1n) is 9.30. The summed E-state index contributed by atoms with van der Waals surface area (Å²) in [5.41, 5.74) is 7.63. The van der Waals surface area contributed by atoms with Crippen LogP contribution < -0.4 is 15.8 Å². The molecule has 4 aromatic carbocycles. The molecule has 1 heterocycles. The number of ether oxygens (including phenoxy) is 1. The number of nitrogens with zero attached hydrogens (tertiary/aromatic N) is 2. The molecule has 0 bridgehead atoms. The second kappa shape index (κ2) is 7.13. The molecule has 1 aromatic heterocycles. The number of nitrogens with two attached hydrogens (primary N) is 1. The number of hydrogen-bond acceptors (Lipinski definition) is 5. The van der Waals surface area contributed by atoms with Gasteiger partial charge in [-0.15, -0.1) is 0 Å². The Bertz CT molecular complexity index is 1220. The fourth-order valence-corrected chi connectivity index (χ4v) is 3.41. The molecule has 0 atom stereocenters. The van der Waals surface area contributed by atoms with Gasteiger partial charge in [0.1, 0.15) is 17.8 Å². The third kappa shape index (κ3) is 3.19. The van der Waals surface area contributed by atoms with E-state index in [0.717, 1.165) is 27.2 Å². The second-order valence-corrected chi connectivity index (χ2v) is 6.67. The molecule has 5 heteroatoms. The summed E-state index contributed by atoms with van der Waals surface area (Å²) in [6, 6.07) is 28.1. The summed E-state index contributed by atoms with van der Waals surface area (Å²) in [4.78, 5) is 8.56. The average Bonchev–Trinajstić information content (AvgIpc) is 2.77. The Labute approximate surface area is 167 Å². The molecule has 0 amide bonds. The van der Waals surface area contributed by atoms with E-state index in [2.05, 4.69) is 33.5 Å². The van der Waals surface area contributed by atoms with E-state index in [-0.39, 0.29) is 0 Å². The summed E-state index contributed by atoms with van der Waals surface area (Å²) in [5.74, 6) is 1.52. The van der Waals surface area contributed by atoms with Crippen molar-refractivity contribution in [3.8, 4) is 11.6 Å². The molecular weight excluding hydrogens is 360 g/mol. The van der Waals surface area contributed by atoms with Crippen molar-refractivity contribution < 1.29 is 4.74 Å². The molecule has 0 fully saturated rings. The fraction of sp³-hybridized carbons (Fsp3) is 0. The lowest BCUT2D eigenvalue weighted by atomic mass is 10.1. The van der Waals surface area contributed by atoms with E-state index >= 15 is 0 Å². The van der Waals surface area contributed by atoms with Gasteiger partial charge in [0.2, 0.25) is 5.88 Å². The first-order chi connectivity index (χ1) is 14.3. The van der Waals surface area contributed by atoms with Gasteiger partial charge in [0.15, 0.2) is 5.82 Å². The summed E-state index contributed by atoms with van der Waals surface area (Å²) < 4.78 is 6.07. The number of rotatable bonds is 4. The highest BCUT2D eigenvalue weighted by Gasteiger charge is 2.13. The van der Waals surface area contributed by atoms with E-state index in [4.69, 9.17) is 10.5 Å². The number of nitrogens with one attached hydrogen (secondary N) is 1. The normalized spacial score (nSPS) is 10.9. The molecule has 140 valence electrons. The van der Waals surface area contributed by atoms with Gasteiger partial charge < -0.3 is 15.8 Å². The summed E-state index contributed by atoms with van der Waals surface area (Å²) in [6.07, 6.45) is 1.45. The molecule has 29 heavy (non-hydrogen) atoms. The third-order valence-corrected chi connectivity index (χ3v) is 4.85. The number of aromatic nitrogens is 2. The first kappa shape index (κ1) is 17.0. The van der Waals surface area contributed by atoms with Gasteiger partial charge in [-0.1, -0.05) is 72.8 Å². The standard InChI is InChI=1S/C24H18N4O/c25-22-23(28-20-13-5-9-16-7-1-3-11-18(16)20)26-15-27-24(22)29-21-14-6-10-17-8-2-4-12-19(17)21/h1-15H,25H2,(H,26,27,28). The van der Waals surface area contributed by atoms with Crippen LogP contribution in [-0.4, -0.2) is 9.97 Å². The average molecular weight is 378 g/mol. The van der Waals surface area contributed by atoms with Crippen molar-refractivity contribution in [2.75, 3.05) is 11.1 Å². The Kier molecular flexibility index (Phi) is 4.18. The SMILES string of the molecule is Nc1c(Nc2cccc3ccccc23)ncnc1Oc1cccc2ccccc12. The van der Waals surface area contributed by atoms with E-state index in [1.54, 1.807) is 0 Å². The highest BCUT2D eigenvalue weighted by Crippen LogP contribution is 2.35. The quantitative estimate of drug-likeness (QED) is 0.407. The molecular formula is C24H18N4O. The molecule has 0 radical (unpaired) electrons. The molecule has 5 rings (SSSR count). The Morgan fingerprint density at radius 3 is 2.17 bits per heavy atom. The van der Waals surface area contributed by atoms with Crippen LogP contribution in [0.1, 0.15) is 0 Å². The fourth-order valence-electron chi connectivity index (χ4n) is 3.41. The lowest BCUT2D eigenvalue weighted by Gasteiger charge is -2.14. The maximum atomic E-state index is 6.35. The summed E-state index contributed by atoms with van der Waals surface area (Å²) in [7, 11) is 0. The molecule has 0 saturated carbocycles. The zero-order valence-electron chi connectivity index (χ0n) is 15.5. The van der Waals surface area contributed by atoms with Gasteiger partial charge in [0, 0.05) is 16.5 Å². The van der Waals surface area contributed by atoms with Crippen molar-refractivity contribution in [3.05, 3.63) is 91.3 Å². The van der Waals surface area contributed by atoms with Crippen LogP contribution in [0.15, 0.2) is 91.3 Å². The Morgan fingerprint density at radius 1 is 0.690 bits per heavy atom. The maximum Gasteiger partial charge on any atom is 0.248 e. The summed E-state index contributed by atoms with van der Waals surface area (Å²) >= 11 is 0. The minimum Gasteiger partial charge on any atom is -0.436 e. The van der Waals surface area contributed by atoms with E-state index < -0.39 is 0 Å². The van der Waals surface area contributed by atoms with Crippen LogP contribution >= 0.6 is 0 Å². The molecule has 5 aromatic rings. The van der Waals surface area contributed by atoms with Gasteiger partial charge in [0.05, 0.1) is 0 Å². The largest absolute Gasteiger partial charge is 0.436 e. The number of nitrogen functional groups attached to an aromatic ring is 1. The number of benzene rings is 4. The molecule has 3 N–H and O–H groups in total. The van der Waals surface area contributed by atoms with Crippen LogP contribution in [0, 0.1) is 0 Å². The van der Waals surface area contributed by atoms with Crippen molar-refractivity contribution in [2.45, 2.75) is 0 Å². The molecule has 0 unspecified atom stereocenters. The van der Waals surface area contributed by atoms with Crippen molar-refractivity contribution in [3.63, 3.8) is 0 Å². The minimum atomic E-state index is 0.319. The van der Waals surface area contributed by atoms with Crippen LogP contribution in [0.2, 0.25) is 0 Å². The smallest absolute Gasteiger partial charge is 0.248 e. The Hall–Kier alpha value is -4.12. The number of fused-ring (bicyclic) bond motifs is 2. The van der Waals surface area contributed by atoms with E-state index in [1.807, 2.05) is 66.7 Å². The highest BCUT2D eigenvalue weighted by atomic mass is 16.5. The second-order valence-electron chi connectivity index (χ2n) is 6.67. The van der Waals surface area contributed by atoms with Crippen molar-refractivity contribution >= 4 is 38.7 Å². The van der Waals surface area contributed by atoms with Crippen LogP contribution in [0.3, 0.4) is 0 Å². The van der Waals surface area contributed by atoms with Crippen LogP contribution in [0.5, 0.6) is 11.6 Å². The highest BCUT2D eigenvalue weighted by molar-refractivity contribution is 5.96. The van der Waals surface area contributed by atoms with Crippen LogP contribution in [0.4, 0.5) is 17.2 Å². The molecule has 0 saturated heterocycles. The van der Waals surface area contributed by atoms with Gasteiger partial charge in [0.25, 0.3) is 0 Å². The van der Waals surface area contributed by atoms with Gasteiger partial charge in [-0.2, -0.15) is 4.98 Å². The van der Waals surface area contributed by atoms with Gasteiger partial charge in [-0.3, -0.25) is 0 Å². The van der Waals surface area contributed by atoms with Crippen molar-refractivity contribution in [1.29, 1.82) is 0 Å². The zero-order valence-corrected chi connectivity index (χ0v) is 15.5. The van der Waals surface area contributed by atoms with E-state index in [0.29, 0.717) is 23.1 Å². The summed E-state index contributed by atoms with van der Waals surface area (Å²) in [5, 5.41) is 7.63. The summed E-state index contributed by atoms with van der Waals surface area (Å²) in [6.45, 7) is 0. The van der Waals surface area contributed by atoms with E-state index in [1.165, 1.54) is 6.33 Å². The molecule has 0 aliphatic rings.